The van der Waals surface area contributed by atoms with Gasteiger partial charge >= 0.3 is 0 Å². The summed E-state index contributed by atoms with van der Waals surface area (Å²) in [5.41, 5.74) is 11.2. The second kappa shape index (κ2) is 9.21. The van der Waals surface area contributed by atoms with Crippen molar-refractivity contribution in [2.75, 3.05) is 0 Å². The van der Waals surface area contributed by atoms with Gasteiger partial charge < -0.3 is 4.57 Å². The zero-order valence-corrected chi connectivity index (χ0v) is 23.2. The normalized spacial score (nSPS) is 11.7. The molecule has 0 N–H and O–H groups in total. The molecule has 0 saturated carbocycles. The van der Waals surface area contributed by atoms with E-state index < -0.39 is 0 Å². The molecule has 41 heavy (non-hydrogen) atoms. The number of rotatable bonds is 3. The molecule has 0 amide bonds. The predicted molar refractivity (Wildman–Crippen MR) is 176 cm³/mol. The van der Waals surface area contributed by atoms with Gasteiger partial charge in [0, 0.05) is 16.5 Å². The Morgan fingerprint density at radius 3 is 1.37 bits per heavy atom. The maximum Gasteiger partial charge on any atom is 0.0541 e. The highest BCUT2D eigenvalue weighted by atomic mass is 15.0. The van der Waals surface area contributed by atoms with Gasteiger partial charge in [-0.15, -0.1) is 0 Å². The van der Waals surface area contributed by atoms with E-state index in [1.807, 2.05) is 0 Å². The maximum absolute atomic E-state index is 2.43. The first-order chi connectivity index (χ1) is 20.1. The van der Waals surface area contributed by atoms with Crippen LogP contribution in [-0.4, -0.2) is 4.57 Å². The fourth-order valence-electron chi connectivity index (χ4n) is 6.67. The number of hydrogen-bond donors (Lipinski definition) is 0. The van der Waals surface area contributed by atoms with Gasteiger partial charge in [-0.25, -0.2) is 0 Å². The van der Waals surface area contributed by atoms with Crippen molar-refractivity contribution >= 4 is 43.4 Å². The summed E-state index contributed by atoms with van der Waals surface area (Å²) in [5.74, 6) is 0. The molecule has 1 nitrogen and oxygen atoms in total. The standard InChI is InChI=1S/C40H29N/c1-26-21-27(2)23-32(22-26)41-39-19-17-30(35-15-7-11-28-9-3-5-13-33(28)35)24-37(39)38-25-31(18-20-40(38)41)36-16-8-12-29-10-4-6-14-34(29)36/h3-25H,1-2H3. The lowest BCUT2D eigenvalue weighted by Gasteiger charge is -2.11. The third kappa shape index (κ3) is 3.85. The van der Waals surface area contributed by atoms with Crippen molar-refractivity contribution in [2.24, 2.45) is 0 Å². The van der Waals surface area contributed by atoms with Crippen LogP contribution >= 0.6 is 0 Å². The van der Waals surface area contributed by atoms with E-state index >= 15 is 0 Å². The molecule has 0 saturated heterocycles. The van der Waals surface area contributed by atoms with Crippen LogP contribution in [0.1, 0.15) is 11.1 Å². The van der Waals surface area contributed by atoms with Crippen LogP contribution in [0, 0.1) is 13.8 Å². The molecule has 194 valence electrons. The molecule has 0 atom stereocenters. The monoisotopic (exact) mass is 523 g/mol. The summed E-state index contributed by atoms with van der Waals surface area (Å²) in [4.78, 5) is 0. The third-order valence-electron chi connectivity index (χ3n) is 8.43. The van der Waals surface area contributed by atoms with Gasteiger partial charge in [-0.2, -0.15) is 0 Å². The van der Waals surface area contributed by atoms with E-state index in [9.17, 15) is 0 Å². The zero-order valence-electron chi connectivity index (χ0n) is 23.2. The maximum atomic E-state index is 2.43. The lowest BCUT2D eigenvalue weighted by Crippen LogP contribution is -1.95. The smallest absolute Gasteiger partial charge is 0.0541 e. The quantitative estimate of drug-likeness (QED) is 0.217. The highest BCUT2D eigenvalue weighted by Gasteiger charge is 2.16. The summed E-state index contributed by atoms with van der Waals surface area (Å²) < 4.78 is 2.43. The number of nitrogens with zero attached hydrogens (tertiary/aromatic N) is 1. The molecule has 0 fully saturated rings. The highest BCUT2D eigenvalue weighted by Crippen LogP contribution is 2.39. The number of fused-ring (bicyclic) bond motifs is 5. The molecule has 0 bridgehead atoms. The molecule has 1 aromatic heterocycles. The second-order valence-electron chi connectivity index (χ2n) is 11.2. The summed E-state index contributed by atoms with van der Waals surface area (Å²) in [6.45, 7) is 4.36. The largest absolute Gasteiger partial charge is 0.309 e. The molecular weight excluding hydrogens is 494 g/mol. The Labute approximate surface area is 239 Å². The zero-order chi connectivity index (χ0) is 27.5. The van der Waals surface area contributed by atoms with E-state index in [1.165, 1.54) is 82.4 Å². The minimum absolute atomic E-state index is 1.21. The van der Waals surface area contributed by atoms with E-state index in [2.05, 4.69) is 158 Å². The predicted octanol–water partition coefficient (Wildman–Crippen LogP) is 11.0. The number of benzene rings is 7. The molecule has 1 heterocycles. The molecule has 1 heteroatoms. The average Bonchev–Trinajstić information content (AvgIpc) is 3.33. The molecule has 0 unspecified atom stereocenters. The molecule has 0 aliphatic carbocycles. The van der Waals surface area contributed by atoms with Gasteiger partial charge in [-0.1, -0.05) is 103 Å². The Hall–Kier alpha value is -5.14. The summed E-state index contributed by atoms with van der Waals surface area (Å²) >= 11 is 0. The first-order valence-electron chi connectivity index (χ1n) is 14.3. The van der Waals surface area contributed by atoms with E-state index in [4.69, 9.17) is 0 Å². The summed E-state index contributed by atoms with van der Waals surface area (Å²) in [6, 6.07) is 51.4. The third-order valence-corrected chi connectivity index (χ3v) is 8.43. The Bertz CT molecular complexity index is 2110. The minimum Gasteiger partial charge on any atom is -0.309 e. The molecular formula is C40H29N. The lowest BCUT2D eigenvalue weighted by atomic mass is 9.95. The summed E-state index contributed by atoms with van der Waals surface area (Å²) in [7, 11) is 0. The molecule has 8 aromatic rings. The second-order valence-corrected chi connectivity index (χ2v) is 11.2. The van der Waals surface area contributed by atoms with Crippen LogP contribution in [0.4, 0.5) is 0 Å². The van der Waals surface area contributed by atoms with Crippen molar-refractivity contribution in [1.29, 1.82) is 0 Å². The minimum atomic E-state index is 1.21. The molecule has 0 aliphatic rings. The average molecular weight is 524 g/mol. The van der Waals surface area contributed by atoms with E-state index in [0.29, 0.717) is 0 Å². The van der Waals surface area contributed by atoms with Crippen LogP contribution in [0.2, 0.25) is 0 Å². The number of hydrogen-bond acceptors (Lipinski definition) is 0. The number of aryl methyl sites for hydroxylation is 2. The Kier molecular flexibility index (Phi) is 5.33. The van der Waals surface area contributed by atoms with Crippen LogP contribution in [0.3, 0.4) is 0 Å². The molecule has 0 radical (unpaired) electrons. The van der Waals surface area contributed by atoms with Gasteiger partial charge in [0.05, 0.1) is 11.0 Å². The van der Waals surface area contributed by atoms with Gasteiger partial charge in [0.1, 0.15) is 0 Å². The van der Waals surface area contributed by atoms with Crippen molar-refractivity contribution in [3.05, 3.63) is 151 Å². The van der Waals surface area contributed by atoms with Crippen molar-refractivity contribution in [3.8, 4) is 27.9 Å². The topological polar surface area (TPSA) is 4.93 Å². The fourth-order valence-corrected chi connectivity index (χ4v) is 6.67. The highest BCUT2D eigenvalue weighted by molar-refractivity contribution is 6.13. The van der Waals surface area contributed by atoms with Crippen molar-refractivity contribution < 1.29 is 0 Å². The molecule has 8 rings (SSSR count). The van der Waals surface area contributed by atoms with Crippen LogP contribution in [0.15, 0.2) is 140 Å². The van der Waals surface area contributed by atoms with Gasteiger partial charge in [0.25, 0.3) is 0 Å². The SMILES string of the molecule is Cc1cc(C)cc(-n2c3ccc(-c4cccc5ccccc45)cc3c3cc(-c4cccc5ccccc45)ccc32)c1. The van der Waals surface area contributed by atoms with Crippen molar-refractivity contribution in [2.45, 2.75) is 13.8 Å². The van der Waals surface area contributed by atoms with Gasteiger partial charge in [0.2, 0.25) is 0 Å². The van der Waals surface area contributed by atoms with Crippen molar-refractivity contribution in [1.82, 2.24) is 4.57 Å². The molecule has 0 spiro atoms. The summed E-state index contributed by atoms with van der Waals surface area (Å²) in [6.07, 6.45) is 0. The van der Waals surface area contributed by atoms with E-state index in [1.54, 1.807) is 0 Å². The van der Waals surface area contributed by atoms with E-state index in [0.717, 1.165) is 0 Å². The Morgan fingerprint density at radius 1 is 0.390 bits per heavy atom. The Balaban J connectivity index is 1.44. The van der Waals surface area contributed by atoms with Gasteiger partial charge in [0.15, 0.2) is 0 Å². The first kappa shape index (κ1) is 23.7. The fraction of sp³-hybridized carbons (Fsp3) is 0.0500. The van der Waals surface area contributed by atoms with Crippen LogP contribution < -0.4 is 0 Å². The first-order valence-corrected chi connectivity index (χ1v) is 14.3. The van der Waals surface area contributed by atoms with Crippen LogP contribution in [0.25, 0.3) is 71.3 Å². The molecule has 0 aliphatic heterocycles. The lowest BCUT2D eigenvalue weighted by molar-refractivity contribution is 1.16. The van der Waals surface area contributed by atoms with Gasteiger partial charge in [-0.3, -0.25) is 0 Å². The molecule has 7 aromatic carbocycles. The Morgan fingerprint density at radius 2 is 0.854 bits per heavy atom. The van der Waals surface area contributed by atoms with Crippen LogP contribution in [0.5, 0.6) is 0 Å². The number of aromatic nitrogens is 1. The van der Waals surface area contributed by atoms with Crippen LogP contribution in [-0.2, 0) is 0 Å². The van der Waals surface area contributed by atoms with Crippen molar-refractivity contribution in [3.63, 3.8) is 0 Å². The van der Waals surface area contributed by atoms with E-state index in [-0.39, 0.29) is 0 Å². The summed E-state index contributed by atoms with van der Waals surface area (Å²) in [5, 5.41) is 7.63. The van der Waals surface area contributed by atoms with Gasteiger partial charge in [-0.05, 0) is 105 Å².